The monoisotopic (exact) mass is 482 g/mol. The van der Waals surface area contributed by atoms with Crippen LogP contribution in [0.15, 0.2) is 4.99 Å². The normalized spacial score (nSPS) is 21.7. The van der Waals surface area contributed by atoms with Gasteiger partial charge in [-0.25, -0.2) is 4.99 Å². The Bertz CT molecular complexity index is 436. The number of amides is 1. The van der Waals surface area contributed by atoms with Gasteiger partial charge in [0.1, 0.15) is 6.54 Å². The lowest BCUT2D eigenvalue weighted by Gasteiger charge is -2.31. The van der Waals surface area contributed by atoms with Gasteiger partial charge >= 0.3 is 0 Å². The molecule has 7 nitrogen and oxygen atoms in total. The van der Waals surface area contributed by atoms with Gasteiger partial charge in [0.25, 0.3) is 0 Å². The molecule has 2 heterocycles. The second kappa shape index (κ2) is 12.7. The van der Waals surface area contributed by atoms with Crippen molar-refractivity contribution in [3.05, 3.63) is 0 Å². The molecule has 1 amide bonds. The fourth-order valence-electron chi connectivity index (χ4n) is 3.17. The summed E-state index contributed by atoms with van der Waals surface area (Å²) in [6.45, 7) is 4.36. The molecule has 0 saturated carbocycles. The van der Waals surface area contributed by atoms with Gasteiger partial charge in [0.05, 0.1) is 6.10 Å². The maximum Gasteiger partial charge on any atom is 0.243 e. The zero-order valence-corrected chi connectivity index (χ0v) is 18.7. The van der Waals surface area contributed by atoms with E-state index in [4.69, 9.17) is 9.47 Å². The highest BCUT2D eigenvalue weighted by Gasteiger charge is 2.20. The zero-order valence-electron chi connectivity index (χ0n) is 16.4. The molecule has 0 spiro atoms. The van der Waals surface area contributed by atoms with Crippen LogP contribution in [0, 0.1) is 5.92 Å². The van der Waals surface area contributed by atoms with Gasteiger partial charge in [-0.1, -0.05) is 0 Å². The molecule has 2 fully saturated rings. The number of nitrogens with one attached hydrogen (secondary N) is 1. The van der Waals surface area contributed by atoms with Crippen molar-refractivity contribution in [3.63, 3.8) is 0 Å². The van der Waals surface area contributed by atoms with Crippen LogP contribution in [0.25, 0.3) is 0 Å². The van der Waals surface area contributed by atoms with E-state index in [1.807, 2.05) is 7.05 Å². The van der Waals surface area contributed by atoms with E-state index < -0.39 is 0 Å². The van der Waals surface area contributed by atoms with Crippen molar-refractivity contribution in [3.8, 4) is 0 Å². The van der Waals surface area contributed by atoms with Crippen LogP contribution in [-0.2, 0) is 14.3 Å². The van der Waals surface area contributed by atoms with Crippen molar-refractivity contribution in [2.75, 3.05) is 60.6 Å². The summed E-state index contributed by atoms with van der Waals surface area (Å²) in [5.41, 5.74) is 0. The topological polar surface area (TPSA) is 66.4 Å². The number of hydrogen-bond donors (Lipinski definition) is 1. The first-order valence-electron chi connectivity index (χ1n) is 9.45. The Balaban J connectivity index is 0.00000338. The van der Waals surface area contributed by atoms with E-state index in [1.54, 1.807) is 19.0 Å². The minimum absolute atomic E-state index is 0. The second-order valence-electron chi connectivity index (χ2n) is 7.23. The highest BCUT2D eigenvalue weighted by molar-refractivity contribution is 14.0. The molecule has 0 bridgehead atoms. The summed E-state index contributed by atoms with van der Waals surface area (Å²) in [5.74, 6) is 1.41. The van der Waals surface area contributed by atoms with E-state index in [2.05, 4.69) is 15.2 Å². The molecular weight excluding hydrogens is 447 g/mol. The molecular formula is C18H35IN4O3. The number of carbonyl (C=O) groups is 1. The molecule has 26 heavy (non-hydrogen) atoms. The van der Waals surface area contributed by atoms with E-state index in [0.29, 0.717) is 5.92 Å². The van der Waals surface area contributed by atoms with Crippen LogP contribution in [-0.4, -0.2) is 88.4 Å². The third-order valence-electron chi connectivity index (χ3n) is 4.86. The predicted octanol–water partition coefficient (Wildman–Crippen LogP) is 1.57. The van der Waals surface area contributed by atoms with Gasteiger partial charge in [0.15, 0.2) is 5.96 Å². The molecule has 0 aliphatic carbocycles. The summed E-state index contributed by atoms with van der Waals surface area (Å²) in [6, 6.07) is 0. The summed E-state index contributed by atoms with van der Waals surface area (Å²) in [7, 11) is 5.56. The standard InChI is InChI=1S/C18H34N4O3.HI/c1-21(2)17(23)13-20-18(19-12-16-6-4-5-9-25-16)22(3)14-15-7-10-24-11-8-15;/h15-16H,4-14H2,1-3H3,(H,19,20);1H. The minimum Gasteiger partial charge on any atom is -0.381 e. The Kier molecular flexibility index (Phi) is 11.5. The summed E-state index contributed by atoms with van der Waals surface area (Å²) in [4.78, 5) is 20.2. The third kappa shape index (κ3) is 8.39. The van der Waals surface area contributed by atoms with E-state index in [0.717, 1.165) is 64.6 Å². The number of aliphatic imine (C=N–C) groups is 1. The largest absolute Gasteiger partial charge is 0.381 e. The number of rotatable bonds is 6. The lowest BCUT2D eigenvalue weighted by Crippen LogP contribution is -2.46. The first-order valence-corrected chi connectivity index (χ1v) is 9.45. The average molecular weight is 482 g/mol. The first-order chi connectivity index (χ1) is 12.1. The van der Waals surface area contributed by atoms with E-state index in [1.165, 1.54) is 6.42 Å². The number of ether oxygens (including phenoxy) is 2. The molecule has 0 aromatic rings. The van der Waals surface area contributed by atoms with Gasteiger partial charge in [-0.15, -0.1) is 24.0 Å². The molecule has 0 aromatic heterocycles. The summed E-state index contributed by atoms with van der Waals surface area (Å²) < 4.78 is 11.2. The number of guanidine groups is 1. The van der Waals surface area contributed by atoms with Crippen molar-refractivity contribution in [2.45, 2.75) is 38.2 Å². The smallest absolute Gasteiger partial charge is 0.243 e. The Hall–Kier alpha value is -0.610. The number of likely N-dealkylation sites (N-methyl/N-ethyl adjacent to an activating group) is 1. The maximum atomic E-state index is 11.9. The fourth-order valence-corrected chi connectivity index (χ4v) is 3.17. The molecule has 2 aliphatic rings. The number of hydrogen-bond acceptors (Lipinski definition) is 4. The Morgan fingerprint density at radius 1 is 1.12 bits per heavy atom. The molecule has 2 saturated heterocycles. The molecule has 1 unspecified atom stereocenters. The highest BCUT2D eigenvalue weighted by Crippen LogP contribution is 2.16. The van der Waals surface area contributed by atoms with Crippen molar-refractivity contribution < 1.29 is 14.3 Å². The Morgan fingerprint density at radius 3 is 2.46 bits per heavy atom. The highest BCUT2D eigenvalue weighted by atomic mass is 127. The van der Waals surface area contributed by atoms with Crippen LogP contribution in [0.2, 0.25) is 0 Å². The van der Waals surface area contributed by atoms with Crippen molar-refractivity contribution >= 4 is 35.8 Å². The van der Waals surface area contributed by atoms with E-state index in [9.17, 15) is 4.79 Å². The maximum absolute atomic E-state index is 11.9. The number of nitrogens with zero attached hydrogens (tertiary/aromatic N) is 3. The SMILES string of the molecule is CN(C)C(=O)CN=C(NCC1CCCCO1)N(C)CC1CCOCC1.I. The average Bonchev–Trinajstić information content (AvgIpc) is 2.63. The molecule has 152 valence electrons. The number of halogens is 1. The van der Waals surface area contributed by atoms with Gasteiger partial charge in [-0.2, -0.15) is 0 Å². The molecule has 8 heteroatoms. The first kappa shape index (κ1) is 23.4. The van der Waals surface area contributed by atoms with Crippen LogP contribution in [0.4, 0.5) is 0 Å². The van der Waals surface area contributed by atoms with Crippen LogP contribution in [0.3, 0.4) is 0 Å². The van der Waals surface area contributed by atoms with Crippen LogP contribution in [0.5, 0.6) is 0 Å². The van der Waals surface area contributed by atoms with Gasteiger partial charge < -0.3 is 24.6 Å². The van der Waals surface area contributed by atoms with Gasteiger partial charge in [0.2, 0.25) is 5.91 Å². The minimum atomic E-state index is 0. The summed E-state index contributed by atoms with van der Waals surface area (Å²) >= 11 is 0. The van der Waals surface area contributed by atoms with Gasteiger partial charge in [-0.05, 0) is 38.0 Å². The summed E-state index contributed by atoms with van der Waals surface area (Å²) in [6.07, 6.45) is 5.86. The molecule has 1 atom stereocenters. The van der Waals surface area contributed by atoms with Gasteiger partial charge in [0, 0.05) is 54.1 Å². The van der Waals surface area contributed by atoms with Crippen LogP contribution >= 0.6 is 24.0 Å². The second-order valence-corrected chi connectivity index (χ2v) is 7.23. The van der Waals surface area contributed by atoms with Gasteiger partial charge in [-0.3, -0.25) is 4.79 Å². The van der Waals surface area contributed by atoms with Crippen molar-refractivity contribution in [1.82, 2.24) is 15.1 Å². The van der Waals surface area contributed by atoms with E-state index >= 15 is 0 Å². The van der Waals surface area contributed by atoms with E-state index in [-0.39, 0.29) is 42.5 Å². The van der Waals surface area contributed by atoms with Crippen molar-refractivity contribution in [2.24, 2.45) is 10.9 Å². The summed E-state index contributed by atoms with van der Waals surface area (Å²) in [5, 5.41) is 3.42. The molecule has 2 aliphatic heterocycles. The lowest BCUT2D eigenvalue weighted by atomic mass is 10.00. The fraction of sp³-hybridized carbons (Fsp3) is 0.889. The quantitative estimate of drug-likeness (QED) is 0.354. The Morgan fingerprint density at radius 2 is 1.85 bits per heavy atom. The van der Waals surface area contributed by atoms with Crippen LogP contribution < -0.4 is 5.32 Å². The molecule has 2 rings (SSSR count). The molecule has 1 N–H and O–H groups in total. The lowest BCUT2D eigenvalue weighted by molar-refractivity contribution is -0.127. The third-order valence-corrected chi connectivity index (χ3v) is 4.86. The molecule has 0 radical (unpaired) electrons. The number of carbonyl (C=O) groups excluding carboxylic acids is 1. The Labute approximate surface area is 174 Å². The van der Waals surface area contributed by atoms with Crippen molar-refractivity contribution in [1.29, 1.82) is 0 Å². The molecule has 0 aromatic carbocycles. The van der Waals surface area contributed by atoms with Crippen LogP contribution in [0.1, 0.15) is 32.1 Å². The predicted molar refractivity (Wildman–Crippen MR) is 114 cm³/mol. The zero-order chi connectivity index (χ0) is 18.1.